The zero-order chi connectivity index (χ0) is 22.7. The molecule has 2 amide bonds. The van der Waals surface area contributed by atoms with Gasteiger partial charge in [-0.2, -0.15) is 5.26 Å². The summed E-state index contributed by atoms with van der Waals surface area (Å²) in [5, 5.41) is 15.7. The van der Waals surface area contributed by atoms with Crippen molar-refractivity contribution < 1.29 is 14.3 Å². The summed E-state index contributed by atoms with van der Waals surface area (Å²) in [4.78, 5) is 35.7. The fraction of sp³-hybridized carbons (Fsp3) is 0.435. The van der Waals surface area contributed by atoms with Crippen molar-refractivity contribution in [3.8, 4) is 6.07 Å². The van der Waals surface area contributed by atoms with E-state index < -0.39 is 5.41 Å². The maximum absolute atomic E-state index is 13.1. The van der Waals surface area contributed by atoms with Gasteiger partial charge in [0, 0.05) is 44.3 Å². The second-order valence-electron chi connectivity index (χ2n) is 8.20. The maximum atomic E-state index is 13.1. The van der Waals surface area contributed by atoms with Crippen LogP contribution in [-0.2, 0) is 9.53 Å². The Bertz CT molecular complexity index is 1080. The fourth-order valence-electron chi connectivity index (χ4n) is 4.17. The maximum Gasteiger partial charge on any atom is 0.253 e. The topological polar surface area (TPSA) is 120 Å². The van der Waals surface area contributed by atoms with Crippen LogP contribution >= 0.6 is 0 Å². The number of methoxy groups -OCH3 is 1. The number of pyridine rings is 2. The van der Waals surface area contributed by atoms with E-state index in [1.807, 2.05) is 6.92 Å². The average molecular weight is 435 g/mol. The Balaban J connectivity index is 1.52. The molecule has 1 aliphatic heterocycles. The molecule has 9 nitrogen and oxygen atoms in total. The summed E-state index contributed by atoms with van der Waals surface area (Å²) in [6.07, 6.45) is 7.22. The molecule has 2 fully saturated rings. The SMILES string of the molecule is COCCNC(=O)c1cncc(Nc2cc(N3CC[C@@](C#N)(C4CC4)C3=O)ccn2)c1C. The van der Waals surface area contributed by atoms with Gasteiger partial charge in [-0.3, -0.25) is 14.6 Å². The summed E-state index contributed by atoms with van der Waals surface area (Å²) >= 11 is 0. The molecule has 166 valence electrons. The monoisotopic (exact) mass is 434 g/mol. The number of anilines is 3. The minimum atomic E-state index is -0.887. The Morgan fingerprint density at radius 3 is 2.94 bits per heavy atom. The molecule has 0 bridgehead atoms. The van der Waals surface area contributed by atoms with Gasteiger partial charge < -0.3 is 20.3 Å². The first-order chi connectivity index (χ1) is 15.5. The summed E-state index contributed by atoms with van der Waals surface area (Å²) in [5.41, 5.74) is 1.65. The van der Waals surface area contributed by atoms with Crippen molar-refractivity contribution in [2.75, 3.05) is 37.0 Å². The lowest BCUT2D eigenvalue weighted by molar-refractivity contribution is -0.123. The number of hydrogen-bond acceptors (Lipinski definition) is 7. The lowest BCUT2D eigenvalue weighted by atomic mass is 9.83. The van der Waals surface area contributed by atoms with Crippen LogP contribution in [0.1, 0.15) is 35.2 Å². The first-order valence-corrected chi connectivity index (χ1v) is 10.7. The highest BCUT2D eigenvalue weighted by Gasteiger charge is 2.56. The van der Waals surface area contributed by atoms with E-state index in [1.165, 1.54) is 6.20 Å². The van der Waals surface area contributed by atoms with Gasteiger partial charge in [-0.25, -0.2) is 4.98 Å². The van der Waals surface area contributed by atoms with E-state index in [-0.39, 0.29) is 17.7 Å². The lowest BCUT2D eigenvalue weighted by Gasteiger charge is -2.21. The van der Waals surface area contributed by atoms with Crippen LogP contribution in [0.5, 0.6) is 0 Å². The van der Waals surface area contributed by atoms with Crippen LogP contribution in [0, 0.1) is 29.6 Å². The highest BCUT2D eigenvalue weighted by Crippen LogP contribution is 2.51. The van der Waals surface area contributed by atoms with Gasteiger partial charge in [-0.15, -0.1) is 0 Å². The number of carbonyl (C=O) groups is 2. The van der Waals surface area contributed by atoms with E-state index in [9.17, 15) is 14.9 Å². The molecule has 0 spiro atoms. The molecular weight excluding hydrogens is 408 g/mol. The molecule has 0 radical (unpaired) electrons. The van der Waals surface area contributed by atoms with Crippen molar-refractivity contribution in [1.82, 2.24) is 15.3 Å². The Morgan fingerprint density at radius 1 is 1.41 bits per heavy atom. The van der Waals surface area contributed by atoms with E-state index in [1.54, 1.807) is 36.5 Å². The van der Waals surface area contributed by atoms with Gasteiger partial charge in [0.05, 0.1) is 30.1 Å². The number of nitrogens with one attached hydrogen (secondary N) is 2. The number of nitriles is 1. The van der Waals surface area contributed by atoms with Gasteiger partial charge in [0.2, 0.25) is 5.91 Å². The molecule has 1 saturated heterocycles. The number of aromatic nitrogens is 2. The molecular formula is C23H26N6O3. The largest absolute Gasteiger partial charge is 0.383 e. The summed E-state index contributed by atoms with van der Waals surface area (Å²) in [6.45, 7) is 3.19. The fourth-order valence-corrected chi connectivity index (χ4v) is 4.17. The van der Waals surface area contributed by atoms with E-state index >= 15 is 0 Å². The van der Waals surface area contributed by atoms with Crippen LogP contribution in [0.2, 0.25) is 0 Å². The highest BCUT2D eigenvalue weighted by molar-refractivity contribution is 6.02. The predicted molar refractivity (Wildman–Crippen MR) is 118 cm³/mol. The van der Waals surface area contributed by atoms with Crippen molar-refractivity contribution in [1.29, 1.82) is 5.26 Å². The zero-order valence-electron chi connectivity index (χ0n) is 18.2. The summed E-state index contributed by atoms with van der Waals surface area (Å²) < 4.78 is 4.96. The molecule has 2 aromatic rings. The molecule has 2 N–H and O–H groups in total. The number of ether oxygens (including phenoxy) is 1. The predicted octanol–water partition coefficient (Wildman–Crippen LogP) is 2.56. The highest BCUT2D eigenvalue weighted by atomic mass is 16.5. The number of nitrogens with zero attached hydrogens (tertiary/aromatic N) is 4. The van der Waals surface area contributed by atoms with Crippen molar-refractivity contribution in [2.24, 2.45) is 11.3 Å². The normalized spacial score (nSPS) is 20.2. The number of amides is 2. The Kier molecular flexibility index (Phi) is 6.06. The lowest BCUT2D eigenvalue weighted by Crippen LogP contribution is -2.35. The van der Waals surface area contributed by atoms with Gasteiger partial charge in [0.1, 0.15) is 11.2 Å². The van der Waals surface area contributed by atoms with E-state index in [0.717, 1.165) is 18.4 Å². The van der Waals surface area contributed by atoms with Crippen molar-refractivity contribution in [2.45, 2.75) is 26.2 Å². The van der Waals surface area contributed by atoms with Crippen LogP contribution in [0.15, 0.2) is 30.7 Å². The van der Waals surface area contributed by atoms with Gasteiger partial charge in [0.15, 0.2) is 0 Å². The minimum absolute atomic E-state index is 0.118. The average Bonchev–Trinajstić information content (AvgIpc) is 3.59. The van der Waals surface area contributed by atoms with Gasteiger partial charge in [-0.1, -0.05) is 0 Å². The molecule has 1 saturated carbocycles. The first-order valence-electron chi connectivity index (χ1n) is 10.7. The van der Waals surface area contributed by atoms with Gasteiger partial charge in [-0.05, 0) is 43.7 Å². The number of carbonyl (C=O) groups excluding carboxylic acids is 2. The first kappa shape index (κ1) is 21.7. The third kappa shape index (κ3) is 4.01. The molecule has 3 heterocycles. The molecule has 32 heavy (non-hydrogen) atoms. The van der Waals surface area contributed by atoms with Crippen molar-refractivity contribution in [3.05, 3.63) is 41.9 Å². The third-order valence-corrected chi connectivity index (χ3v) is 6.20. The molecule has 9 heteroatoms. The number of hydrogen-bond donors (Lipinski definition) is 2. The Labute approximate surface area is 186 Å². The second-order valence-corrected chi connectivity index (χ2v) is 8.20. The van der Waals surface area contributed by atoms with Crippen LogP contribution in [0.25, 0.3) is 0 Å². The number of rotatable bonds is 8. The smallest absolute Gasteiger partial charge is 0.253 e. The van der Waals surface area contributed by atoms with E-state index in [2.05, 4.69) is 26.7 Å². The van der Waals surface area contributed by atoms with E-state index in [0.29, 0.717) is 48.9 Å². The Morgan fingerprint density at radius 2 is 2.22 bits per heavy atom. The Hall–Kier alpha value is -3.51. The van der Waals surface area contributed by atoms with Crippen molar-refractivity contribution in [3.63, 3.8) is 0 Å². The summed E-state index contributed by atoms with van der Waals surface area (Å²) in [7, 11) is 1.58. The van der Waals surface area contributed by atoms with Crippen LogP contribution in [0.4, 0.5) is 17.2 Å². The molecule has 0 aromatic carbocycles. The molecule has 2 aromatic heterocycles. The summed E-state index contributed by atoms with van der Waals surface area (Å²) in [5.74, 6) is 0.356. The van der Waals surface area contributed by atoms with Gasteiger partial charge >= 0.3 is 0 Å². The minimum Gasteiger partial charge on any atom is -0.383 e. The van der Waals surface area contributed by atoms with Gasteiger partial charge in [0.25, 0.3) is 5.91 Å². The summed E-state index contributed by atoms with van der Waals surface area (Å²) in [6, 6.07) is 5.86. The van der Waals surface area contributed by atoms with E-state index in [4.69, 9.17) is 4.74 Å². The quantitative estimate of drug-likeness (QED) is 0.613. The molecule has 4 rings (SSSR count). The molecule has 0 unspecified atom stereocenters. The second kappa shape index (κ2) is 8.93. The standard InChI is InChI=1S/C23H26N6O3/c1-15-18(21(30)27-8-10-32-2)12-25-13-19(15)28-20-11-17(5-7-26-20)29-9-6-23(14-24,22(29)31)16-3-4-16/h5,7,11-13,16H,3-4,6,8-10H2,1-2H3,(H,26,28)(H,27,30)/t23-/m1/s1. The third-order valence-electron chi connectivity index (χ3n) is 6.20. The van der Waals surface area contributed by atoms with Crippen LogP contribution in [0.3, 0.4) is 0 Å². The zero-order valence-corrected chi connectivity index (χ0v) is 18.2. The van der Waals surface area contributed by atoms with Crippen molar-refractivity contribution >= 4 is 29.0 Å². The van der Waals surface area contributed by atoms with Crippen LogP contribution < -0.4 is 15.5 Å². The molecule has 1 atom stereocenters. The van der Waals surface area contributed by atoms with Crippen LogP contribution in [-0.4, -0.2) is 48.6 Å². The molecule has 2 aliphatic rings. The molecule has 1 aliphatic carbocycles.